The van der Waals surface area contributed by atoms with Gasteiger partial charge in [0.15, 0.2) is 5.43 Å². The number of amides is 2. The normalized spacial score (nSPS) is 17.0. The van der Waals surface area contributed by atoms with Crippen LogP contribution in [0.3, 0.4) is 0 Å². The number of likely N-dealkylation sites (tertiary alicyclic amines) is 1. The maximum Gasteiger partial charge on any atom is 0.270 e. The van der Waals surface area contributed by atoms with Gasteiger partial charge >= 0.3 is 0 Å². The van der Waals surface area contributed by atoms with Gasteiger partial charge in [-0.25, -0.2) is 4.98 Å². The number of nitrogens with zero attached hydrogens (tertiary/aromatic N) is 3. The fourth-order valence-corrected chi connectivity index (χ4v) is 3.84. The van der Waals surface area contributed by atoms with Crippen molar-refractivity contribution in [3.05, 3.63) is 64.5 Å². The van der Waals surface area contributed by atoms with Gasteiger partial charge in [0.2, 0.25) is 5.91 Å². The molecule has 2 amide bonds. The van der Waals surface area contributed by atoms with Gasteiger partial charge < -0.3 is 20.2 Å². The van der Waals surface area contributed by atoms with Crippen LogP contribution in [0.4, 0.5) is 0 Å². The van der Waals surface area contributed by atoms with Crippen molar-refractivity contribution in [1.82, 2.24) is 19.4 Å². The number of pyridine rings is 1. The lowest BCUT2D eigenvalue weighted by molar-refractivity contribution is -0.118. The third kappa shape index (κ3) is 3.40. The highest BCUT2D eigenvalue weighted by atomic mass is 16.2. The van der Waals surface area contributed by atoms with Gasteiger partial charge in [0.1, 0.15) is 18.1 Å². The average Bonchev–Trinajstić information content (AvgIpc) is 3.15. The summed E-state index contributed by atoms with van der Waals surface area (Å²) in [4.78, 5) is 45.8. The topological polar surface area (TPSA) is 114 Å². The summed E-state index contributed by atoms with van der Waals surface area (Å²) in [5, 5.41) is 0.559. The van der Waals surface area contributed by atoms with Crippen LogP contribution in [-0.2, 0) is 11.3 Å². The van der Waals surface area contributed by atoms with Gasteiger partial charge in [-0.15, -0.1) is 0 Å². The van der Waals surface area contributed by atoms with E-state index in [0.29, 0.717) is 24.0 Å². The van der Waals surface area contributed by atoms with Gasteiger partial charge in [0.05, 0.1) is 0 Å². The first kappa shape index (κ1) is 18.0. The first-order valence-corrected chi connectivity index (χ1v) is 9.23. The molecule has 4 rings (SSSR count). The van der Waals surface area contributed by atoms with Gasteiger partial charge in [-0.1, -0.05) is 12.1 Å². The van der Waals surface area contributed by atoms with Crippen LogP contribution in [-0.4, -0.2) is 44.3 Å². The van der Waals surface area contributed by atoms with Crippen LogP contribution >= 0.6 is 0 Å². The first-order valence-electron chi connectivity index (χ1n) is 9.23. The minimum atomic E-state index is -0.434. The quantitative estimate of drug-likeness (QED) is 0.709. The van der Waals surface area contributed by atoms with E-state index in [1.54, 1.807) is 40.1 Å². The van der Waals surface area contributed by atoms with Gasteiger partial charge in [0, 0.05) is 48.4 Å². The zero-order chi connectivity index (χ0) is 19.7. The lowest BCUT2D eigenvalue weighted by Gasteiger charge is -2.32. The average molecular weight is 379 g/mol. The number of imidazole rings is 1. The van der Waals surface area contributed by atoms with E-state index < -0.39 is 5.91 Å². The number of benzene rings is 1. The summed E-state index contributed by atoms with van der Waals surface area (Å²) in [5.41, 5.74) is 6.05. The molecule has 1 saturated heterocycles. The number of hydrogen-bond acceptors (Lipinski definition) is 4. The Hall–Kier alpha value is -3.42. The van der Waals surface area contributed by atoms with Crippen molar-refractivity contribution in [2.24, 2.45) is 5.73 Å². The highest BCUT2D eigenvalue weighted by molar-refractivity contribution is 5.95. The molecule has 2 aromatic heterocycles. The number of aromatic amines is 1. The molecule has 28 heavy (non-hydrogen) atoms. The molecule has 1 aliphatic rings. The number of nitrogens with one attached hydrogen (secondary N) is 1. The number of piperidine rings is 1. The highest BCUT2D eigenvalue weighted by Gasteiger charge is 2.28. The molecule has 8 nitrogen and oxygen atoms in total. The number of aromatic nitrogens is 3. The minimum absolute atomic E-state index is 0.0132. The molecular weight excluding hydrogens is 358 g/mol. The Morgan fingerprint density at radius 1 is 1.29 bits per heavy atom. The summed E-state index contributed by atoms with van der Waals surface area (Å²) in [5.74, 6) is 0.125. The van der Waals surface area contributed by atoms with Crippen LogP contribution in [0.1, 0.15) is 35.1 Å². The molecule has 0 aliphatic carbocycles. The van der Waals surface area contributed by atoms with Crippen molar-refractivity contribution < 1.29 is 9.59 Å². The van der Waals surface area contributed by atoms with Gasteiger partial charge in [-0.3, -0.25) is 14.4 Å². The Labute approximate surface area is 161 Å². The number of H-pyrrole nitrogens is 1. The molecule has 1 aromatic carbocycles. The first-order chi connectivity index (χ1) is 13.5. The largest absolute Gasteiger partial charge is 0.368 e. The predicted octanol–water partition coefficient (Wildman–Crippen LogP) is 1.23. The highest BCUT2D eigenvalue weighted by Crippen LogP contribution is 2.26. The summed E-state index contributed by atoms with van der Waals surface area (Å²) >= 11 is 0. The van der Waals surface area contributed by atoms with Crippen LogP contribution in [0.25, 0.3) is 10.9 Å². The SMILES string of the molecule is NC(=O)Cn1ccnc1[C@@H]1CCCN(C(=O)c2cc(=O)c3ccccc3[nH]2)C1. The van der Waals surface area contributed by atoms with Crippen LogP contribution in [0.5, 0.6) is 0 Å². The van der Waals surface area contributed by atoms with E-state index in [1.807, 2.05) is 6.07 Å². The molecule has 1 atom stereocenters. The van der Waals surface area contributed by atoms with Crippen molar-refractivity contribution in [3.8, 4) is 0 Å². The number of para-hydroxylation sites is 1. The third-order valence-electron chi connectivity index (χ3n) is 5.12. The predicted molar refractivity (Wildman–Crippen MR) is 104 cm³/mol. The fourth-order valence-electron chi connectivity index (χ4n) is 3.84. The molecular formula is C20H21N5O3. The summed E-state index contributed by atoms with van der Waals surface area (Å²) in [7, 11) is 0. The minimum Gasteiger partial charge on any atom is -0.368 e. The van der Waals surface area contributed by atoms with Gasteiger partial charge in [0.25, 0.3) is 5.91 Å². The van der Waals surface area contributed by atoms with Crippen molar-refractivity contribution >= 4 is 22.7 Å². The molecule has 1 aliphatic heterocycles. The summed E-state index contributed by atoms with van der Waals surface area (Å²) in [6, 6.07) is 8.50. The van der Waals surface area contributed by atoms with E-state index in [-0.39, 0.29) is 29.5 Å². The fraction of sp³-hybridized carbons (Fsp3) is 0.300. The second-order valence-electron chi connectivity index (χ2n) is 7.06. The molecule has 0 bridgehead atoms. The molecule has 1 fully saturated rings. The van der Waals surface area contributed by atoms with Crippen LogP contribution in [0, 0.1) is 0 Å². The maximum absolute atomic E-state index is 13.0. The summed E-state index contributed by atoms with van der Waals surface area (Å²) in [6.45, 7) is 1.15. The molecule has 0 spiro atoms. The van der Waals surface area contributed by atoms with E-state index in [9.17, 15) is 14.4 Å². The van der Waals surface area contributed by atoms with Crippen LogP contribution in [0.2, 0.25) is 0 Å². The lowest BCUT2D eigenvalue weighted by Crippen LogP contribution is -2.40. The van der Waals surface area contributed by atoms with Crippen molar-refractivity contribution in [3.63, 3.8) is 0 Å². The standard InChI is InChI=1S/C20H21N5O3/c21-18(27)12-24-9-7-22-19(24)13-4-3-8-25(11-13)20(28)16-10-17(26)14-5-1-2-6-15(14)23-16/h1-2,5-7,9-10,13H,3-4,8,11-12H2,(H2,21,27)(H,23,26)/t13-/m1/s1. The van der Waals surface area contributed by atoms with Gasteiger partial charge in [-0.05, 0) is 25.0 Å². The molecule has 8 heteroatoms. The number of hydrogen-bond donors (Lipinski definition) is 2. The Kier molecular flexibility index (Phi) is 4.68. The lowest BCUT2D eigenvalue weighted by atomic mass is 9.96. The maximum atomic E-state index is 13.0. The van der Waals surface area contributed by atoms with Crippen molar-refractivity contribution in [2.75, 3.05) is 13.1 Å². The van der Waals surface area contributed by atoms with Crippen molar-refractivity contribution in [2.45, 2.75) is 25.3 Å². The molecule has 3 aromatic rings. The Morgan fingerprint density at radius 2 is 2.11 bits per heavy atom. The number of carbonyl (C=O) groups excluding carboxylic acids is 2. The summed E-state index contributed by atoms with van der Waals surface area (Å²) < 4.78 is 1.73. The smallest absolute Gasteiger partial charge is 0.270 e. The van der Waals surface area contributed by atoms with Crippen LogP contribution in [0.15, 0.2) is 47.5 Å². The number of primary amides is 1. The monoisotopic (exact) mass is 379 g/mol. The zero-order valence-corrected chi connectivity index (χ0v) is 15.3. The van der Waals surface area contributed by atoms with Crippen LogP contribution < -0.4 is 11.2 Å². The summed E-state index contributed by atoms with van der Waals surface area (Å²) in [6.07, 6.45) is 5.05. The third-order valence-corrected chi connectivity index (χ3v) is 5.12. The second kappa shape index (κ2) is 7.30. The van der Waals surface area contributed by atoms with E-state index in [2.05, 4.69) is 9.97 Å². The molecule has 0 saturated carbocycles. The van der Waals surface area contributed by atoms with Crippen molar-refractivity contribution in [1.29, 1.82) is 0 Å². The Bertz CT molecular complexity index is 1100. The molecule has 0 unspecified atom stereocenters. The molecule has 3 heterocycles. The molecule has 3 N–H and O–H groups in total. The number of carbonyl (C=O) groups is 2. The van der Waals surface area contributed by atoms with E-state index in [0.717, 1.165) is 18.7 Å². The van der Waals surface area contributed by atoms with E-state index in [1.165, 1.54) is 6.07 Å². The number of fused-ring (bicyclic) bond motifs is 1. The Balaban J connectivity index is 1.58. The van der Waals surface area contributed by atoms with E-state index >= 15 is 0 Å². The molecule has 0 radical (unpaired) electrons. The second-order valence-corrected chi connectivity index (χ2v) is 7.06. The number of nitrogens with two attached hydrogens (primary N) is 1. The van der Waals surface area contributed by atoms with Gasteiger partial charge in [-0.2, -0.15) is 0 Å². The Morgan fingerprint density at radius 3 is 2.93 bits per heavy atom. The molecule has 144 valence electrons. The zero-order valence-electron chi connectivity index (χ0n) is 15.3. The number of rotatable bonds is 4. The van der Waals surface area contributed by atoms with E-state index in [4.69, 9.17) is 5.73 Å².